The number of ether oxygens (including phenoxy) is 1. The van der Waals surface area contributed by atoms with Crippen molar-refractivity contribution < 1.29 is 19.3 Å². The van der Waals surface area contributed by atoms with Gasteiger partial charge in [-0.15, -0.1) is 0 Å². The molecule has 5 heteroatoms. The van der Waals surface area contributed by atoms with Gasteiger partial charge >= 0.3 is 0 Å². The van der Waals surface area contributed by atoms with Gasteiger partial charge in [0.15, 0.2) is 0 Å². The van der Waals surface area contributed by atoms with Crippen molar-refractivity contribution in [1.29, 1.82) is 0 Å². The normalized spacial score (nSPS) is 35.0. The number of rotatable bonds is 3. The molecule has 1 aromatic rings. The molecule has 0 aromatic heterocycles. The lowest BCUT2D eigenvalue weighted by Crippen LogP contribution is -2.66. The zero-order chi connectivity index (χ0) is 15.7. The molecule has 122 valence electrons. The van der Waals surface area contributed by atoms with E-state index in [0.29, 0.717) is 13.0 Å². The molecule has 0 bridgehead atoms. The Morgan fingerprint density at radius 3 is 2.73 bits per heavy atom. The second-order valence-electron chi connectivity index (χ2n) is 6.51. The van der Waals surface area contributed by atoms with Gasteiger partial charge < -0.3 is 19.8 Å². The van der Waals surface area contributed by atoms with Gasteiger partial charge in [0, 0.05) is 31.9 Å². The summed E-state index contributed by atoms with van der Waals surface area (Å²) in [6.07, 6.45) is 2.77. The van der Waals surface area contributed by atoms with Crippen molar-refractivity contribution in [1.82, 2.24) is 0 Å². The summed E-state index contributed by atoms with van der Waals surface area (Å²) in [5.41, 5.74) is -0.0841. The molecule has 1 aliphatic heterocycles. The highest BCUT2D eigenvalue weighted by Crippen LogP contribution is 2.43. The van der Waals surface area contributed by atoms with Crippen LogP contribution in [0.25, 0.3) is 0 Å². The van der Waals surface area contributed by atoms with E-state index in [1.54, 1.807) is 12.1 Å². The molecular weight excluding hydrogens is 285 g/mol. The quantitative estimate of drug-likeness (QED) is 0.896. The van der Waals surface area contributed by atoms with Gasteiger partial charge in [-0.1, -0.05) is 0 Å². The SMILES string of the molecule is CN(c1ccc(F)cc1)[C@H]1CCC(CO)C2OCCC[C@]21O. The van der Waals surface area contributed by atoms with Crippen LogP contribution >= 0.6 is 0 Å². The van der Waals surface area contributed by atoms with Crippen LogP contribution in [0.1, 0.15) is 25.7 Å². The fourth-order valence-corrected chi connectivity index (χ4v) is 4.10. The number of nitrogens with zero attached hydrogens (tertiary/aromatic N) is 1. The lowest BCUT2D eigenvalue weighted by Gasteiger charge is -2.54. The molecule has 1 heterocycles. The van der Waals surface area contributed by atoms with E-state index < -0.39 is 5.60 Å². The van der Waals surface area contributed by atoms with Gasteiger partial charge in [-0.3, -0.25) is 0 Å². The minimum atomic E-state index is -0.965. The first-order valence-corrected chi connectivity index (χ1v) is 7.99. The second kappa shape index (κ2) is 6.14. The van der Waals surface area contributed by atoms with E-state index in [1.165, 1.54) is 12.1 Å². The smallest absolute Gasteiger partial charge is 0.123 e. The average Bonchev–Trinajstić information content (AvgIpc) is 2.53. The summed E-state index contributed by atoms with van der Waals surface area (Å²) in [5, 5.41) is 20.9. The number of likely N-dealkylation sites (N-methyl/N-ethyl adjacent to an activating group) is 1. The molecule has 4 nitrogen and oxygen atoms in total. The molecule has 22 heavy (non-hydrogen) atoms. The van der Waals surface area contributed by atoms with E-state index in [1.807, 2.05) is 11.9 Å². The van der Waals surface area contributed by atoms with Crippen LogP contribution in [-0.2, 0) is 4.74 Å². The summed E-state index contributed by atoms with van der Waals surface area (Å²) in [4.78, 5) is 2.02. The molecule has 2 fully saturated rings. The first-order valence-electron chi connectivity index (χ1n) is 7.99. The standard InChI is InChI=1S/C17H24FNO3/c1-19(14-6-4-13(18)5-7-14)15-8-3-12(11-20)16-17(15,21)9-2-10-22-16/h4-7,12,15-16,20-21H,2-3,8-11H2,1H3/t12?,15-,16?,17+/m0/s1. The Balaban J connectivity index is 1.87. The summed E-state index contributed by atoms with van der Waals surface area (Å²) in [7, 11) is 1.93. The Labute approximate surface area is 130 Å². The molecular formula is C17H24FNO3. The van der Waals surface area contributed by atoms with E-state index in [2.05, 4.69) is 0 Å². The highest BCUT2D eigenvalue weighted by atomic mass is 19.1. The van der Waals surface area contributed by atoms with Gasteiger partial charge in [-0.2, -0.15) is 0 Å². The number of anilines is 1. The van der Waals surface area contributed by atoms with Crippen molar-refractivity contribution in [3.8, 4) is 0 Å². The Morgan fingerprint density at radius 2 is 2.05 bits per heavy atom. The summed E-state index contributed by atoms with van der Waals surface area (Å²) in [6.45, 7) is 0.677. The van der Waals surface area contributed by atoms with Gasteiger partial charge in [-0.05, 0) is 49.9 Å². The topological polar surface area (TPSA) is 52.9 Å². The molecule has 4 atom stereocenters. The third kappa shape index (κ3) is 2.62. The van der Waals surface area contributed by atoms with Gasteiger partial charge in [0.25, 0.3) is 0 Å². The van der Waals surface area contributed by atoms with E-state index in [4.69, 9.17) is 4.74 Å². The second-order valence-corrected chi connectivity index (χ2v) is 6.51. The molecule has 0 radical (unpaired) electrons. The van der Waals surface area contributed by atoms with E-state index in [-0.39, 0.29) is 30.5 Å². The van der Waals surface area contributed by atoms with Gasteiger partial charge in [0.2, 0.25) is 0 Å². The highest BCUT2D eigenvalue weighted by molar-refractivity contribution is 5.47. The van der Waals surface area contributed by atoms with Crippen LogP contribution in [0.15, 0.2) is 24.3 Å². The molecule has 1 aliphatic carbocycles. The summed E-state index contributed by atoms with van der Waals surface area (Å²) < 4.78 is 18.9. The van der Waals surface area contributed by atoms with Crippen molar-refractivity contribution in [2.24, 2.45) is 5.92 Å². The zero-order valence-electron chi connectivity index (χ0n) is 12.9. The molecule has 2 unspecified atom stereocenters. The molecule has 0 spiro atoms. The Morgan fingerprint density at radius 1 is 1.32 bits per heavy atom. The largest absolute Gasteiger partial charge is 0.396 e. The Bertz CT molecular complexity index is 509. The van der Waals surface area contributed by atoms with Crippen LogP contribution in [-0.4, -0.2) is 48.2 Å². The summed E-state index contributed by atoms with van der Waals surface area (Å²) in [6, 6.07) is 6.24. The van der Waals surface area contributed by atoms with Crippen LogP contribution in [0.3, 0.4) is 0 Å². The third-order valence-corrected chi connectivity index (χ3v) is 5.26. The molecule has 2 aliphatic rings. The number of aliphatic hydroxyl groups is 2. The van der Waals surface area contributed by atoms with Crippen LogP contribution < -0.4 is 4.90 Å². The molecule has 2 N–H and O–H groups in total. The van der Waals surface area contributed by atoms with E-state index in [9.17, 15) is 14.6 Å². The van der Waals surface area contributed by atoms with Gasteiger partial charge in [0.1, 0.15) is 11.4 Å². The third-order valence-electron chi connectivity index (χ3n) is 5.26. The lowest BCUT2D eigenvalue weighted by atomic mass is 9.68. The van der Waals surface area contributed by atoms with E-state index >= 15 is 0 Å². The average molecular weight is 309 g/mol. The molecule has 3 rings (SSSR count). The molecule has 1 saturated heterocycles. The van der Waals surface area contributed by atoms with Crippen LogP contribution in [0.5, 0.6) is 0 Å². The maximum atomic E-state index is 13.1. The predicted molar refractivity (Wildman–Crippen MR) is 82.3 cm³/mol. The fraction of sp³-hybridized carbons (Fsp3) is 0.647. The molecule has 1 saturated carbocycles. The minimum absolute atomic E-state index is 0.0110. The lowest BCUT2D eigenvalue weighted by molar-refractivity contribution is -0.198. The van der Waals surface area contributed by atoms with Gasteiger partial charge in [0.05, 0.1) is 12.1 Å². The predicted octanol–water partition coefficient (Wildman–Crippen LogP) is 1.94. The molecule has 0 amide bonds. The number of halogens is 1. The van der Waals surface area contributed by atoms with Crippen molar-refractivity contribution in [2.45, 2.75) is 43.4 Å². The number of aliphatic hydroxyl groups excluding tert-OH is 1. The van der Waals surface area contributed by atoms with Crippen LogP contribution in [0, 0.1) is 11.7 Å². The first-order chi connectivity index (χ1) is 10.6. The monoisotopic (exact) mass is 309 g/mol. The van der Waals surface area contributed by atoms with Crippen LogP contribution in [0.4, 0.5) is 10.1 Å². The number of fused-ring (bicyclic) bond motifs is 1. The Kier molecular flexibility index (Phi) is 4.39. The van der Waals surface area contributed by atoms with Crippen molar-refractivity contribution in [3.63, 3.8) is 0 Å². The maximum Gasteiger partial charge on any atom is 0.123 e. The van der Waals surface area contributed by atoms with Crippen LogP contribution in [0.2, 0.25) is 0 Å². The molecule has 1 aromatic carbocycles. The zero-order valence-corrected chi connectivity index (χ0v) is 12.9. The number of benzene rings is 1. The number of hydrogen-bond donors (Lipinski definition) is 2. The van der Waals surface area contributed by atoms with Crippen molar-refractivity contribution >= 4 is 5.69 Å². The summed E-state index contributed by atoms with van der Waals surface area (Å²) in [5.74, 6) is -0.276. The van der Waals surface area contributed by atoms with E-state index in [0.717, 1.165) is 24.9 Å². The Hall–Kier alpha value is -1.17. The minimum Gasteiger partial charge on any atom is -0.396 e. The maximum absolute atomic E-state index is 13.1. The highest BCUT2D eigenvalue weighted by Gasteiger charge is 2.53. The van der Waals surface area contributed by atoms with Crippen molar-refractivity contribution in [2.75, 3.05) is 25.2 Å². The number of hydrogen-bond acceptors (Lipinski definition) is 4. The van der Waals surface area contributed by atoms with Gasteiger partial charge in [-0.25, -0.2) is 4.39 Å². The summed E-state index contributed by atoms with van der Waals surface area (Å²) >= 11 is 0. The van der Waals surface area contributed by atoms with Crippen molar-refractivity contribution in [3.05, 3.63) is 30.1 Å². The fourth-order valence-electron chi connectivity index (χ4n) is 4.10. The first kappa shape index (κ1) is 15.7.